The molecule has 4 nitrogen and oxygen atoms in total. The molecule has 3 aromatic rings. The largest absolute Gasteiger partial charge is 0.294 e. The van der Waals surface area contributed by atoms with Crippen molar-refractivity contribution in [1.82, 2.24) is 9.55 Å². The van der Waals surface area contributed by atoms with Crippen molar-refractivity contribution < 1.29 is 8.42 Å². The Hall–Kier alpha value is -2.05. The molecule has 6 heteroatoms. The molecule has 4 rings (SSSR count). The Labute approximate surface area is 145 Å². The van der Waals surface area contributed by atoms with Gasteiger partial charge in [0, 0.05) is 16.7 Å². The average molecular weight is 356 g/mol. The van der Waals surface area contributed by atoms with Crippen LogP contribution in [0, 0.1) is 6.92 Å². The van der Waals surface area contributed by atoms with E-state index in [1.54, 1.807) is 23.9 Å². The van der Waals surface area contributed by atoms with Gasteiger partial charge in [0.25, 0.3) is 0 Å². The minimum absolute atomic E-state index is 0.357. The summed E-state index contributed by atoms with van der Waals surface area (Å²) in [7, 11) is -3.21. The second-order valence-electron chi connectivity index (χ2n) is 5.85. The molecule has 0 atom stereocenters. The topological polar surface area (TPSA) is 52.0 Å². The molecular formula is C18H16N2O2S2. The molecule has 2 aromatic carbocycles. The molecule has 0 saturated carbocycles. The van der Waals surface area contributed by atoms with Crippen molar-refractivity contribution in [3.8, 4) is 16.9 Å². The predicted octanol–water partition coefficient (Wildman–Crippen LogP) is 3.86. The van der Waals surface area contributed by atoms with E-state index in [0.29, 0.717) is 4.90 Å². The summed E-state index contributed by atoms with van der Waals surface area (Å²) in [5.41, 5.74) is 4.16. The molecule has 0 saturated heterocycles. The van der Waals surface area contributed by atoms with E-state index >= 15 is 0 Å². The van der Waals surface area contributed by atoms with Crippen LogP contribution in [0.25, 0.3) is 16.9 Å². The minimum Gasteiger partial charge on any atom is -0.294 e. The van der Waals surface area contributed by atoms with Crippen molar-refractivity contribution in [2.45, 2.75) is 22.5 Å². The Morgan fingerprint density at radius 1 is 1.12 bits per heavy atom. The Morgan fingerprint density at radius 3 is 2.58 bits per heavy atom. The minimum atomic E-state index is -3.21. The van der Waals surface area contributed by atoms with Crippen LogP contribution in [-0.2, 0) is 15.6 Å². The zero-order chi connectivity index (χ0) is 16.9. The molecule has 122 valence electrons. The third kappa shape index (κ3) is 2.46. The van der Waals surface area contributed by atoms with Crippen molar-refractivity contribution in [3.05, 3.63) is 60.0 Å². The summed E-state index contributed by atoms with van der Waals surface area (Å²) >= 11 is 1.63. The first-order valence-corrected chi connectivity index (χ1v) is 10.4. The molecule has 0 amide bonds. The lowest BCUT2D eigenvalue weighted by molar-refractivity contribution is 0.601. The maximum absolute atomic E-state index is 11.8. The van der Waals surface area contributed by atoms with Gasteiger partial charge in [-0.05, 0) is 25.1 Å². The van der Waals surface area contributed by atoms with Crippen LogP contribution < -0.4 is 0 Å². The number of fused-ring (bicyclic) bond motifs is 3. The number of benzene rings is 2. The highest BCUT2D eigenvalue weighted by Crippen LogP contribution is 2.40. The zero-order valence-electron chi connectivity index (χ0n) is 13.4. The van der Waals surface area contributed by atoms with E-state index in [1.165, 1.54) is 6.26 Å². The number of rotatable bonds is 2. The first-order chi connectivity index (χ1) is 11.4. The molecule has 0 bridgehead atoms. The number of imidazole rings is 1. The number of thioether (sulfide) groups is 1. The normalized spacial score (nSPS) is 13.4. The fourth-order valence-electron chi connectivity index (χ4n) is 3.05. The monoisotopic (exact) mass is 356 g/mol. The lowest BCUT2D eigenvalue weighted by Crippen LogP contribution is -2.09. The van der Waals surface area contributed by atoms with E-state index in [-0.39, 0.29) is 0 Å². The molecule has 0 fully saturated rings. The first kappa shape index (κ1) is 15.5. The van der Waals surface area contributed by atoms with Gasteiger partial charge in [0.1, 0.15) is 5.82 Å². The number of hydrogen-bond acceptors (Lipinski definition) is 4. The third-order valence-corrected chi connectivity index (χ3v) is 6.28. The summed E-state index contributed by atoms with van der Waals surface area (Å²) in [5, 5.41) is 0. The van der Waals surface area contributed by atoms with Crippen LogP contribution in [0.1, 0.15) is 11.5 Å². The van der Waals surface area contributed by atoms with Gasteiger partial charge in [0.15, 0.2) is 9.84 Å². The van der Waals surface area contributed by atoms with E-state index in [0.717, 1.165) is 39.1 Å². The van der Waals surface area contributed by atoms with Crippen LogP contribution in [0.3, 0.4) is 0 Å². The van der Waals surface area contributed by atoms with E-state index in [4.69, 9.17) is 4.98 Å². The molecule has 1 aliphatic heterocycles. The second-order valence-corrected chi connectivity index (χ2v) is 8.89. The van der Waals surface area contributed by atoms with E-state index in [1.807, 2.05) is 31.2 Å². The Morgan fingerprint density at radius 2 is 1.88 bits per heavy atom. The van der Waals surface area contributed by atoms with Crippen molar-refractivity contribution in [2.75, 3.05) is 6.26 Å². The van der Waals surface area contributed by atoms with Crippen LogP contribution in [0.4, 0.5) is 0 Å². The molecule has 1 aliphatic rings. The van der Waals surface area contributed by atoms with Crippen LogP contribution in [-0.4, -0.2) is 24.2 Å². The smallest absolute Gasteiger partial charge is 0.175 e. The molecule has 0 radical (unpaired) electrons. The average Bonchev–Trinajstić information content (AvgIpc) is 2.90. The third-order valence-electron chi connectivity index (χ3n) is 4.13. The Bertz CT molecular complexity index is 1040. The number of hydrogen-bond donors (Lipinski definition) is 0. The van der Waals surface area contributed by atoms with Crippen molar-refractivity contribution in [3.63, 3.8) is 0 Å². The Kier molecular flexibility index (Phi) is 3.54. The van der Waals surface area contributed by atoms with Gasteiger partial charge in [0.05, 0.1) is 27.7 Å². The highest BCUT2D eigenvalue weighted by molar-refractivity contribution is 7.98. The zero-order valence-corrected chi connectivity index (χ0v) is 15.0. The maximum Gasteiger partial charge on any atom is 0.175 e. The summed E-state index contributed by atoms with van der Waals surface area (Å²) in [6.07, 6.45) is 1.24. The van der Waals surface area contributed by atoms with Crippen LogP contribution >= 0.6 is 11.8 Å². The lowest BCUT2D eigenvalue weighted by atomic mass is 10.1. The summed E-state index contributed by atoms with van der Waals surface area (Å²) < 4.78 is 25.8. The van der Waals surface area contributed by atoms with Gasteiger partial charge in [-0.25, -0.2) is 13.4 Å². The summed E-state index contributed by atoms with van der Waals surface area (Å²) in [6.45, 7) is 2.02. The van der Waals surface area contributed by atoms with E-state index in [9.17, 15) is 8.42 Å². The van der Waals surface area contributed by atoms with Gasteiger partial charge in [-0.1, -0.05) is 30.3 Å². The molecule has 0 N–H and O–H groups in total. The standard InChI is InChI=1S/C18H16N2O2S2/c1-12-18(13-6-4-3-5-7-13)20-15-9-8-14(24(2,21)22)10-16(15)23-11-17(20)19-12/h3-10H,11H2,1-2H3. The Balaban J connectivity index is 1.96. The van der Waals surface area contributed by atoms with Gasteiger partial charge in [0.2, 0.25) is 0 Å². The predicted molar refractivity (Wildman–Crippen MR) is 96.4 cm³/mol. The molecule has 0 unspecified atom stereocenters. The number of aromatic nitrogens is 2. The van der Waals surface area contributed by atoms with E-state index in [2.05, 4.69) is 16.7 Å². The highest BCUT2D eigenvalue weighted by Gasteiger charge is 2.24. The second kappa shape index (κ2) is 5.50. The molecular weight excluding hydrogens is 340 g/mol. The fraction of sp³-hybridized carbons (Fsp3) is 0.167. The molecule has 24 heavy (non-hydrogen) atoms. The molecule has 1 aromatic heterocycles. The van der Waals surface area contributed by atoms with Crippen molar-refractivity contribution in [2.24, 2.45) is 0 Å². The highest BCUT2D eigenvalue weighted by atomic mass is 32.2. The van der Waals surface area contributed by atoms with Gasteiger partial charge < -0.3 is 0 Å². The summed E-state index contributed by atoms with van der Waals surface area (Å²) in [5.74, 6) is 1.73. The van der Waals surface area contributed by atoms with Gasteiger partial charge in [-0.2, -0.15) is 0 Å². The van der Waals surface area contributed by atoms with Gasteiger partial charge in [-0.15, -0.1) is 11.8 Å². The quantitative estimate of drug-likeness (QED) is 0.700. The molecule has 2 heterocycles. The van der Waals surface area contributed by atoms with Crippen LogP contribution in [0.15, 0.2) is 58.3 Å². The summed E-state index contributed by atoms with van der Waals surface area (Å²) in [4.78, 5) is 6.05. The van der Waals surface area contributed by atoms with E-state index < -0.39 is 9.84 Å². The van der Waals surface area contributed by atoms with Crippen LogP contribution in [0.5, 0.6) is 0 Å². The number of aryl methyl sites for hydroxylation is 1. The van der Waals surface area contributed by atoms with Crippen molar-refractivity contribution >= 4 is 21.6 Å². The molecule has 0 aliphatic carbocycles. The number of sulfone groups is 1. The maximum atomic E-state index is 11.8. The first-order valence-electron chi connectivity index (χ1n) is 7.56. The van der Waals surface area contributed by atoms with Crippen LogP contribution in [0.2, 0.25) is 0 Å². The molecule has 0 spiro atoms. The summed E-state index contributed by atoms with van der Waals surface area (Å²) in [6, 6.07) is 15.5. The SMILES string of the molecule is Cc1nc2n(c1-c1ccccc1)-c1ccc(S(C)(=O)=O)cc1SC2. The van der Waals surface area contributed by atoms with Gasteiger partial charge in [-0.3, -0.25) is 4.57 Å². The fourth-order valence-corrected chi connectivity index (χ4v) is 4.76. The number of nitrogens with zero attached hydrogens (tertiary/aromatic N) is 2. The van der Waals surface area contributed by atoms with Crippen molar-refractivity contribution in [1.29, 1.82) is 0 Å². The van der Waals surface area contributed by atoms with Gasteiger partial charge >= 0.3 is 0 Å². The lowest BCUT2D eigenvalue weighted by Gasteiger charge is -2.21.